The lowest BCUT2D eigenvalue weighted by atomic mass is 10.00. The smallest absolute Gasteiger partial charge is 0.336 e. The lowest BCUT2D eigenvalue weighted by Crippen LogP contribution is -2.05. The van der Waals surface area contributed by atoms with Gasteiger partial charge in [0.1, 0.15) is 23.2 Å². The fourth-order valence-corrected chi connectivity index (χ4v) is 3.46. The highest BCUT2D eigenvalue weighted by Gasteiger charge is 2.15. The molecule has 0 saturated carbocycles. The van der Waals surface area contributed by atoms with E-state index in [2.05, 4.69) is 0 Å². The van der Waals surface area contributed by atoms with Crippen molar-refractivity contribution < 1.29 is 13.9 Å². The van der Waals surface area contributed by atoms with E-state index in [1.807, 2.05) is 80.6 Å². The van der Waals surface area contributed by atoms with Gasteiger partial charge in [0.05, 0.1) is 7.11 Å². The summed E-state index contributed by atoms with van der Waals surface area (Å²) in [7, 11) is 1.63. The molecular formula is C25H22O4. The van der Waals surface area contributed by atoms with Crippen molar-refractivity contribution in [2.45, 2.75) is 20.0 Å². The molecule has 29 heavy (non-hydrogen) atoms. The van der Waals surface area contributed by atoms with E-state index in [9.17, 15) is 4.79 Å². The van der Waals surface area contributed by atoms with Crippen LogP contribution in [0.1, 0.15) is 24.2 Å². The van der Waals surface area contributed by atoms with Crippen molar-refractivity contribution in [3.8, 4) is 22.6 Å². The molecule has 0 aliphatic carbocycles. The monoisotopic (exact) mass is 386 g/mol. The number of aryl methyl sites for hydroxylation is 1. The molecule has 0 N–H and O–H groups in total. The lowest BCUT2D eigenvalue weighted by Gasteiger charge is -2.18. The van der Waals surface area contributed by atoms with Crippen LogP contribution >= 0.6 is 0 Å². The molecule has 0 spiro atoms. The largest absolute Gasteiger partial charge is 0.497 e. The molecule has 0 unspecified atom stereocenters. The van der Waals surface area contributed by atoms with Gasteiger partial charge in [-0.1, -0.05) is 42.5 Å². The van der Waals surface area contributed by atoms with Gasteiger partial charge in [0.2, 0.25) is 0 Å². The Balaban J connectivity index is 1.77. The second-order valence-electron chi connectivity index (χ2n) is 6.94. The molecule has 0 amide bonds. The van der Waals surface area contributed by atoms with Gasteiger partial charge in [0, 0.05) is 17.0 Å². The Hall–Kier alpha value is -3.53. The fraction of sp³-hybridized carbons (Fsp3) is 0.160. The van der Waals surface area contributed by atoms with Gasteiger partial charge in [-0.3, -0.25) is 0 Å². The zero-order chi connectivity index (χ0) is 20.4. The first-order valence-corrected chi connectivity index (χ1v) is 9.50. The summed E-state index contributed by atoms with van der Waals surface area (Å²) >= 11 is 0. The van der Waals surface area contributed by atoms with Crippen molar-refractivity contribution in [2.75, 3.05) is 7.11 Å². The van der Waals surface area contributed by atoms with Gasteiger partial charge in [-0.25, -0.2) is 4.79 Å². The molecule has 4 rings (SSSR count). The van der Waals surface area contributed by atoms with Crippen LogP contribution in [0.4, 0.5) is 0 Å². The van der Waals surface area contributed by atoms with Crippen molar-refractivity contribution in [2.24, 2.45) is 0 Å². The quantitative estimate of drug-likeness (QED) is 0.400. The minimum absolute atomic E-state index is 0.121. The minimum Gasteiger partial charge on any atom is -0.497 e. The molecule has 0 bridgehead atoms. The summed E-state index contributed by atoms with van der Waals surface area (Å²) in [4.78, 5) is 12.3. The second-order valence-corrected chi connectivity index (χ2v) is 6.94. The standard InChI is InChI=1S/C25H22O4/c1-16-23(28-17(2)18-7-5-4-6-8-18)14-13-21-22(15-24(26)29-25(16)21)19-9-11-20(27-3)12-10-19/h4-15,17H,1-3H3/t17-/m0/s1. The maximum absolute atomic E-state index is 12.3. The maximum atomic E-state index is 12.3. The Morgan fingerprint density at radius 3 is 2.34 bits per heavy atom. The van der Waals surface area contributed by atoms with Crippen molar-refractivity contribution in [3.63, 3.8) is 0 Å². The Morgan fingerprint density at radius 1 is 0.931 bits per heavy atom. The first kappa shape index (κ1) is 18.8. The topological polar surface area (TPSA) is 48.7 Å². The summed E-state index contributed by atoms with van der Waals surface area (Å²) in [6.07, 6.45) is -0.121. The average molecular weight is 386 g/mol. The molecule has 0 aliphatic heterocycles. The number of rotatable bonds is 5. The third-order valence-corrected chi connectivity index (χ3v) is 5.08. The molecule has 1 aromatic heterocycles. The molecule has 146 valence electrons. The first-order chi connectivity index (χ1) is 14.1. The molecular weight excluding hydrogens is 364 g/mol. The minimum atomic E-state index is -0.389. The molecule has 4 heteroatoms. The number of hydrogen-bond donors (Lipinski definition) is 0. The predicted octanol–water partition coefficient (Wildman–Crippen LogP) is 5.92. The molecule has 0 aliphatic rings. The van der Waals surface area contributed by atoms with Crippen LogP contribution < -0.4 is 15.1 Å². The van der Waals surface area contributed by atoms with Crippen molar-refractivity contribution in [3.05, 3.63) is 94.3 Å². The van der Waals surface area contributed by atoms with E-state index >= 15 is 0 Å². The van der Waals surface area contributed by atoms with Crippen molar-refractivity contribution in [1.82, 2.24) is 0 Å². The lowest BCUT2D eigenvalue weighted by molar-refractivity contribution is 0.225. The molecule has 0 saturated heterocycles. The Morgan fingerprint density at radius 2 is 1.66 bits per heavy atom. The van der Waals surface area contributed by atoms with Gasteiger partial charge in [0.25, 0.3) is 0 Å². The number of methoxy groups -OCH3 is 1. The van der Waals surface area contributed by atoms with Crippen LogP contribution in [0.25, 0.3) is 22.1 Å². The summed E-state index contributed by atoms with van der Waals surface area (Å²) in [5, 5.41) is 0.868. The van der Waals surface area contributed by atoms with E-state index in [0.29, 0.717) is 11.3 Å². The van der Waals surface area contributed by atoms with E-state index in [4.69, 9.17) is 13.9 Å². The maximum Gasteiger partial charge on any atom is 0.336 e. The zero-order valence-corrected chi connectivity index (χ0v) is 16.6. The molecule has 0 fully saturated rings. The van der Waals surface area contributed by atoms with E-state index in [1.54, 1.807) is 7.11 Å². The third kappa shape index (κ3) is 3.74. The first-order valence-electron chi connectivity index (χ1n) is 9.50. The number of fused-ring (bicyclic) bond motifs is 1. The molecule has 3 aromatic carbocycles. The SMILES string of the molecule is COc1ccc(-c2cc(=O)oc3c(C)c(O[C@@H](C)c4ccccc4)ccc23)cc1. The summed E-state index contributed by atoms with van der Waals surface area (Å²) in [5.74, 6) is 1.46. The number of ether oxygens (including phenoxy) is 2. The third-order valence-electron chi connectivity index (χ3n) is 5.08. The highest BCUT2D eigenvalue weighted by molar-refractivity contribution is 5.95. The molecule has 4 aromatic rings. The highest BCUT2D eigenvalue weighted by atomic mass is 16.5. The van der Waals surface area contributed by atoms with Crippen LogP contribution in [0.2, 0.25) is 0 Å². The van der Waals surface area contributed by atoms with Crippen molar-refractivity contribution >= 4 is 11.0 Å². The number of hydrogen-bond acceptors (Lipinski definition) is 4. The van der Waals surface area contributed by atoms with Gasteiger partial charge in [-0.15, -0.1) is 0 Å². The molecule has 1 atom stereocenters. The fourth-order valence-electron chi connectivity index (χ4n) is 3.46. The van der Waals surface area contributed by atoms with Gasteiger partial charge < -0.3 is 13.9 Å². The average Bonchev–Trinajstić information content (AvgIpc) is 2.76. The second kappa shape index (κ2) is 7.84. The Bertz CT molecular complexity index is 1190. The predicted molar refractivity (Wildman–Crippen MR) is 115 cm³/mol. The van der Waals surface area contributed by atoms with Crippen LogP contribution in [0, 0.1) is 6.92 Å². The summed E-state index contributed by atoms with van der Waals surface area (Å²) in [6, 6.07) is 23.0. The van der Waals surface area contributed by atoms with Crippen LogP contribution in [-0.2, 0) is 0 Å². The van der Waals surface area contributed by atoms with Gasteiger partial charge in [-0.2, -0.15) is 0 Å². The summed E-state index contributed by atoms with van der Waals surface area (Å²) in [5.41, 5.74) is 3.79. The highest BCUT2D eigenvalue weighted by Crippen LogP contribution is 2.35. The molecule has 1 heterocycles. The zero-order valence-electron chi connectivity index (χ0n) is 16.6. The Labute approximate surface area is 169 Å². The summed E-state index contributed by atoms with van der Waals surface area (Å²) < 4.78 is 17.0. The summed E-state index contributed by atoms with van der Waals surface area (Å²) in [6.45, 7) is 3.92. The van der Waals surface area contributed by atoms with Gasteiger partial charge in [-0.05, 0) is 54.8 Å². The van der Waals surface area contributed by atoms with Crippen LogP contribution in [0.3, 0.4) is 0 Å². The van der Waals surface area contributed by atoms with Crippen LogP contribution in [0.15, 0.2) is 82.0 Å². The van der Waals surface area contributed by atoms with E-state index in [-0.39, 0.29) is 11.7 Å². The van der Waals surface area contributed by atoms with Crippen molar-refractivity contribution in [1.29, 1.82) is 0 Å². The molecule has 0 radical (unpaired) electrons. The van der Waals surface area contributed by atoms with Gasteiger partial charge in [0.15, 0.2) is 0 Å². The number of benzene rings is 3. The normalized spacial score (nSPS) is 12.0. The van der Waals surface area contributed by atoms with Gasteiger partial charge >= 0.3 is 5.63 Å². The van der Waals surface area contributed by atoms with E-state index in [0.717, 1.165) is 33.4 Å². The van der Waals surface area contributed by atoms with E-state index < -0.39 is 0 Å². The molecule has 4 nitrogen and oxygen atoms in total. The Kier molecular flexibility index (Phi) is 5.09. The van der Waals surface area contributed by atoms with E-state index in [1.165, 1.54) is 6.07 Å². The van der Waals surface area contributed by atoms with Crippen LogP contribution in [0.5, 0.6) is 11.5 Å². The van der Waals surface area contributed by atoms with Crippen LogP contribution in [-0.4, -0.2) is 7.11 Å².